The number of alkyl carbamates (subject to hydrolysis) is 1. The van der Waals surface area contributed by atoms with Crippen LogP contribution in [-0.4, -0.2) is 54.2 Å². The second kappa shape index (κ2) is 9.66. The normalized spacial score (nSPS) is 11.8. The van der Waals surface area contributed by atoms with Gasteiger partial charge in [-0.05, 0) is 27.7 Å². The number of hydrogen-bond donors (Lipinski definition) is 1. The molecule has 0 saturated heterocycles. The van der Waals surface area contributed by atoms with Crippen LogP contribution in [0.4, 0.5) is 4.79 Å². The average molecular weight is 326 g/mol. The van der Waals surface area contributed by atoms with Crippen molar-refractivity contribution in [2.75, 3.05) is 19.7 Å². The van der Waals surface area contributed by atoms with E-state index in [2.05, 4.69) is 18.5 Å². The van der Waals surface area contributed by atoms with E-state index in [0.717, 1.165) is 0 Å². The zero-order valence-corrected chi connectivity index (χ0v) is 14.3. The minimum Gasteiger partial charge on any atom is -0.465 e. The number of carbonyl (C=O) groups is 3. The molecule has 0 aromatic heterocycles. The third kappa shape index (κ3) is 8.65. The van der Waals surface area contributed by atoms with Crippen LogP contribution in [0.2, 0.25) is 0 Å². The number of rotatable bonds is 8. The van der Waals surface area contributed by atoms with Gasteiger partial charge in [-0.15, -0.1) is 13.2 Å². The second-order valence-corrected chi connectivity index (χ2v) is 5.67. The first-order valence-corrected chi connectivity index (χ1v) is 7.32. The van der Waals surface area contributed by atoms with Gasteiger partial charge in [0.1, 0.15) is 18.2 Å². The summed E-state index contributed by atoms with van der Waals surface area (Å²) in [6, 6.07) is -1.01. The van der Waals surface area contributed by atoms with Gasteiger partial charge in [-0.2, -0.15) is 0 Å². The van der Waals surface area contributed by atoms with Crippen molar-refractivity contribution in [3.8, 4) is 0 Å². The molecule has 0 rings (SSSR count). The summed E-state index contributed by atoms with van der Waals surface area (Å²) in [5.74, 6) is -1.04. The smallest absolute Gasteiger partial charge is 0.408 e. The molecule has 130 valence electrons. The lowest BCUT2D eigenvalue weighted by Gasteiger charge is -2.26. The van der Waals surface area contributed by atoms with E-state index in [4.69, 9.17) is 9.47 Å². The molecule has 0 aliphatic rings. The fraction of sp³-hybridized carbons (Fsp3) is 0.562. The number of esters is 1. The number of ether oxygens (including phenoxy) is 2. The first-order chi connectivity index (χ1) is 10.6. The number of hydrogen-bond acceptors (Lipinski definition) is 5. The Morgan fingerprint density at radius 1 is 1.26 bits per heavy atom. The van der Waals surface area contributed by atoms with Crippen LogP contribution in [0.1, 0.15) is 27.7 Å². The Labute approximate surface area is 137 Å². The molecule has 0 aromatic carbocycles. The van der Waals surface area contributed by atoms with E-state index in [9.17, 15) is 14.4 Å². The van der Waals surface area contributed by atoms with Gasteiger partial charge < -0.3 is 19.7 Å². The number of nitrogens with one attached hydrogen (secondary N) is 1. The van der Waals surface area contributed by atoms with Crippen molar-refractivity contribution in [1.29, 1.82) is 0 Å². The monoisotopic (exact) mass is 326 g/mol. The highest BCUT2D eigenvalue weighted by Gasteiger charge is 2.26. The zero-order valence-electron chi connectivity index (χ0n) is 14.3. The van der Waals surface area contributed by atoms with Crippen LogP contribution in [0, 0.1) is 0 Å². The maximum atomic E-state index is 12.4. The van der Waals surface area contributed by atoms with Gasteiger partial charge in [0.25, 0.3) is 0 Å². The van der Waals surface area contributed by atoms with Gasteiger partial charge in [0.05, 0.1) is 6.61 Å². The van der Waals surface area contributed by atoms with E-state index < -0.39 is 29.6 Å². The van der Waals surface area contributed by atoms with Gasteiger partial charge in [0.2, 0.25) is 5.91 Å². The molecule has 0 saturated carbocycles. The minimum absolute atomic E-state index is 0.137. The van der Waals surface area contributed by atoms with E-state index in [0.29, 0.717) is 0 Å². The first kappa shape index (κ1) is 20.7. The Bertz CT molecular complexity index is 454. The maximum absolute atomic E-state index is 12.4. The molecule has 0 radical (unpaired) electrons. The van der Waals surface area contributed by atoms with Gasteiger partial charge in [-0.25, -0.2) is 4.79 Å². The average Bonchev–Trinajstić information content (AvgIpc) is 2.42. The molecule has 0 spiro atoms. The summed E-state index contributed by atoms with van der Waals surface area (Å²) in [5, 5.41) is 2.41. The molecule has 1 N–H and O–H groups in total. The van der Waals surface area contributed by atoms with Crippen molar-refractivity contribution in [3.05, 3.63) is 25.3 Å². The Morgan fingerprint density at radius 2 is 1.87 bits per heavy atom. The number of carbonyl (C=O) groups excluding carboxylic acids is 3. The zero-order chi connectivity index (χ0) is 18.0. The predicted octanol–water partition coefficient (Wildman–Crippen LogP) is 1.64. The standard InChI is InChI=1S/C16H26N2O5/c1-7-10-18(11-13(19)22-9-3)14(20)12(8-2)17-15(21)23-16(4,5)6/h7-8,12H,1-2,9-11H2,3-6H3,(H,17,21)/t12-/m0/s1. The van der Waals surface area contributed by atoms with Gasteiger partial charge in [-0.1, -0.05) is 12.2 Å². The van der Waals surface area contributed by atoms with E-state index in [1.807, 2.05) is 0 Å². The highest BCUT2D eigenvalue weighted by Crippen LogP contribution is 2.07. The van der Waals surface area contributed by atoms with Crippen LogP contribution in [0.3, 0.4) is 0 Å². The highest BCUT2D eigenvalue weighted by molar-refractivity contribution is 5.90. The van der Waals surface area contributed by atoms with Crippen LogP contribution in [0.15, 0.2) is 25.3 Å². The SMILES string of the molecule is C=CCN(CC(=O)OCC)C(=O)[C@H](C=C)NC(=O)OC(C)(C)C. The first-order valence-electron chi connectivity index (χ1n) is 7.32. The van der Waals surface area contributed by atoms with E-state index >= 15 is 0 Å². The number of nitrogens with zero attached hydrogens (tertiary/aromatic N) is 1. The summed E-state index contributed by atoms with van der Waals surface area (Å²) in [7, 11) is 0. The third-order valence-corrected chi connectivity index (χ3v) is 2.46. The summed E-state index contributed by atoms with van der Waals surface area (Å²) >= 11 is 0. The van der Waals surface area contributed by atoms with Crippen molar-refractivity contribution in [3.63, 3.8) is 0 Å². The highest BCUT2D eigenvalue weighted by atomic mass is 16.6. The number of amides is 2. The lowest BCUT2D eigenvalue weighted by Crippen LogP contribution is -2.50. The van der Waals surface area contributed by atoms with E-state index in [-0.39, 0.29) is 19.7 Å². The van der Waals surface area contributed by atoms with Crippen LogP contribution in [0.5, 0.6) is 0 Å². The Balaban J connectivity index is 4.91. The molecular formula is C16H26N2O5. The molecule has 0 heterocycles. The molecule has 23 heavy (non-hydrogen) atoms. The van der Waals surface area contributed by atoms with Gasteiger partial charge in [0, 0.05) is 6.54 Å². The summed E-state index contributed by atoms with van der Waals surface area (Å²) in [5.41, 5.74) is -0.690. The van der Waals surface area contributed by atoms with Crippen LogP contribution in [0.25, 0.3) is 0 Å². The fourth-order valence-electron chi connectivity index (χ4n) is 1.60. The Morgan fingerprint density at radius 3 is 2.30 bits per heavy atom. The molecule has 0 bridgehead atoms. The summed E-state index contributed by atoms with van der Waals surface area (Å²) in [4.78, 5) is 37.0. The van der Waals surface area contributed by atoms with E-state index in [1.165, 1.54) is 17.1 Å². The molecule has 0 aromatic rings. The molecule has 0 aliphatic carbocycles. The van der Waals surface area contributed by atoms with Crippen LogP contribution < -0.4 is 5.32 Å². The van der Waals surface area contributed by atoms with E-state index in [1.54, 1.807) is 27.7 Å². The van der Waals surface area contributed by atoms with Crippen molar-refractivity contribution < 1.29 is 23.9 Å². The van der Waals surface area contributed by atoms with Crippen molar-refractivity contribution in [2.45, 2.75) is 39.3 Å². The molecular weight excluding hydrogens is 300 g/mol. The summed E-state index contributed by atoms with van der Waals surface area (Å²) < 4.78 is 9.92. The van der Waals surface area contributed by atoms with Crippen LogP contribution in [-0.2, 0) is 19.1 Å². The van der Waals surface area contributed by atoms with Gasteiger partial charge in [-0.3, -0.25) is 9.59 Å². The molecule has 7 heteroatoms. The fourth-order valence-corrected chi connectivity index (χ4v) is 1.60. The third-order valence-electron chi connectivity index (χ3n) is 2.46. The lowest BCUT2D eigenvalue weighted by molar-refractivity contribution is -0.148. The molecule has 0 fully saturated rings. The van der Waals surface area contributed by atoms with Gasteiger partial charge in [0.15, 0.2) is 0 Å². The topological polar surface area (TPSA) is 84.9 Å². The Kier molecular flexibility index (Phi) is 8.69. The Hall–Kier alpha value is -2.31. The largest absolute Gasteiger partial charge is 0.465 e. The molecule has 1 atom stereocenters. The van der Waals surface area contributed by atoms with Gasteiger partial charge >= 0.3 is 12.1 Å². The lowest BCUT2D eigenvalue weighted by atomic mass is 10.2. The van der Waals surface area contributed by atoms with Crippen molar-refractivity contribution >= 4 is 18.0 Å². The van der Waals surface area contributed by atoms with Crippen molar-refractivity contribution in [2.24, 2.45) is 0 Å². The summed E-state index contributed by atoms with van der Waals surface area (Å²) in [6.07, 6.45) is 2.00. The molecule has 0 unspecified atom stereocenters. The molecule has 0 aliphatic heterocycles. The van der Waals surface area contributed by atoms with Crippen molar-refractivity contribution in [1.82, 2.24) is 10.2 Å². The second-order valence-electron chi connectivity index (χ2n) is 5.67. The van der Waals surface area contributed by atoms with Crippen LogP contribution >= 0.6 is 0 Å². The maximum Gasteiger partial charge on any atom is 0.408 e. The molecule has 7 nitrogen and oxygen atoms in total. The quantitative estimate of drug-likeness (QED) is 0.541. The predicted molar refractivity (Wildman–Crippen MR) is 86.8 cm³/mol. The molecule has 2 amide bonds. The minimum atomic E-state index is -1.01. The summed E-state index contributed by atoms with van der Waals surface area (Å²) in [6.45, 7) is 14.0.